The number of ether oxygens (including phenoxy) is 2. The van der Waals surface area contributed by atoms with Crippen LogP contribution in [0.2, 0.25) is 0 Å². The van der Waals surface area contributed by atoms with Crippen LogP contribution in [0.4, 0.5) is 0 Å². The number of hydrogen-bond donors (Lipinski definition) is 1. The summed E-state index contributed by atoms with van der Waals surface area (Å²) in [5.41, 5.74) is 0.928. The van der Waals surface area contributed by atoms with Gasteiger partial charge in [-0.05, 0) is 36.1 Å². The predicted molar refractivity (Wildman–Crippen MR) is 87.9 cm³/mol. The third kappa shape index (κ3) is 4.79. The summed E-state index contributed by atoms with van der Waals surface area (Å²) in [5.74, 6) is 2.01. The Hall–Kier alpha value is -1.97. The van der Waals surface area contributed by atoms with Crippen LogP contribution in [0.1, 0.15) is 45.1 Å². The monoisotopic (exact) mass is 303 g/mol. The molecule has 0 fully saturated rings. The van der Waals surface area contributed by atoms with E-state index in [1.54, 1.807) is 12.2 Å². The number of amides is 1. The average Bonchev–Trinajstić information content (AvgIpc) is 3.00. The molecule has 0 saturated carbocycles. The maximum Gasteiger partial charge on any atom is 0.244 e. The minimum atomic E-state index is -0.0485. The quantitative estimate of drug-likeness (QED) is 0.744. The standard InChI is InChI=1S/C18H25NO3/c1-3-5-6-14(4-2)12-19-18(20)10-8-15-7-9-16-17(11-15)22-13-21-16/h7-11,14H,3-6,12-13H2,1-2H3,(H,19,20)/b10-8+/t14-/m1/s1. The molecule has 1 heterocycles. The summed E-state index contributed by atoms with van der Waals surface area (Å²) in [6, 6.07) is 5.65. The van der Waals surface area contributed by atoms with Crippen LogP contribution < -0.4 is 14.8 Å². The van der Waals surface area contributed by atoms with Crippen molar-refractivity contribution in [3.8, 4) is 11.5 Å². The molecule has 1 N–H and O–H groups in total. The Labute approximate surface area is 132 Å². The molecule has 1 amide bonds. The number of rotatable bonds is 8. The van der Waals surface area contributed by atoms with Crippen LogP contribution in [0.5, 0.6) is 11.5 Å². The third-order valence-electron chi connectivity index (χ3n) is 3.93. The van der Waals surface area contributed by atoms with Gasteiger partial charge in [0.1, 0.15) is 0 Å². The molecule has 1 aromatic rings. The van der Waals surface area contributed by atoms with Crippen molar-refractivity contribution in [2.24, 2.45) is 5.92 Å². The van der Waals surface area contributed by atoms with E-state index in [-0.39, 0.29) is 12.7 Å². The number of carbonyl (C=O) groups excluding carboxylic acids is 1. The SMILES string of the molecule is CCCC[C@@H](CC)CNC(=O)/C=C/c1ccc2c(c1)OCO2. The zero-order valence-corrected chi connectivity index (χ0v) is 13.4. The highest BCUT2D eigenvalue weighted by molar-refractivity contribution is 5.91. The van der Waals surface area contributed by atoms with Crippen molar-refractivity contribution in [3.05, 3.63) is 29.8 Å². The summed E-state index contributed by atoms with van der Waals surface area (Å²) < 4.78 is 10.6. The van der Waals surface area contributed by atoms with E-state index in [0.717, 1.165) is 30.0 Å². The molecule has 0 saturated heterocycles. The molecule has 0 unspecified atom stereocenters. The second-order valence-corrected chi connectivity index (χ2v) is 5.61. The zero-order chi connectivity index (χ0) is 15.8. The molecule has 120 valence electrons. The van der Waals surface area contributed by atoms with Crippen LogP contribution in [0, 0.1) is 5.92 Å². The second-order valence-electron chi connectivity index (χ2n) is 5.61. The Morgan fingerprint density at radius 1 is 1.32 bits per heavy atom. The van der Waals surface area contributed by atoms with Gasteiger partial charge in [0, 0.05) is 12.6 Å². The summed E-state index contributed by atoms with van der Waals surface area (Å²) in [4.78, 5) is 11.9. The van der Waals surface area contributed by atoms with Crippen LogP contribution in [0.15, 0.2) is 24.3 Å². The highest BCUT2D eigenvalue weighted by Crippen LogP contribution is 2.32. The van der Waals surface area contributed by atoms with E-state index in [2.05, 4.69) is 19.2 Å². The fraction of sp³-hybridized carbons (Fsp3) is 0.500. The molecule has 1 atom stereocenters. The van der Waals surface area contributed by atoms with Gasteiger partial charge >= 0.3 is 0 Å². The molecule has 22 heavy (non-hydrogen) atoms. The lowest BCUT2D eigenvalue weighted by atomic mass is 9.99. The molecule has 0 aliphatic carbocycles. The lowest BCUT2D eigenvalue weighted by Crippen LogP contribution is -2.27. The molecule has 4 heteroatoms. The summed E-state index contributed by atoms with van der Waals surface area (Å²) >= 11 is 0. The number of carbonyl (C=O) groups is 1. The maximum absolute atomic E-state index is 11.9. The summed E-state index contributed by atoms with van der Waals surface area (Å²) in [6.45, 7) is 5.38. The van der Waals surface area contributed by atoms with Gasteiger partial charge in [-0.15, -0.1) is 0 Å². The Bertz CT molecular complexity index is 525. The topological polar surface area (TPSA) is 47.6 Å². The van der Waals surface area contributed by atoms with E-state index >= 15 is 0 Å². The predicted octanol–water partition coefficient (Wildman–Crippen LogP) is 3.76. The molecular weight excluding hydrogens is 278 g/mol. The first-order valence-electron chi connectivity index (χ1n) is 8.08. The normalized spacial score (nSPS) is 14.3. The smallest absolute Gasteiger partial charge is 0.244 e. The van der Waals surface area contributed by atoms with Crippen molar-refractivity contribution in [2.75, 3.05) is 13.3 Å². The van der Waals surface area contributed by atoms with E-state index in [1.165, 1.54) is 19.3 Å². The Morgan fingerprint density at radius 2 is 2.14 bits per heavy atom. The van der Waals surface area contributed by atoms with Crippen molar-refractivity contribution in [1.29, 1.82) is 0 Å². The van der Waals surface area contributed by atoms with E-state index < -0.39 is 0 Å². The summed E-state index contributed by atoms with van der Waals surface area (Å²) in [7, 11) is 0. The van der Waals surface area contributed by atoms with Crippen molar-refractivity contribution in [1.82, 2.24) is 5.32 Å². The van der Waals surface area contributed by atoms with Crippen LogP contribution in [-0.4, -0.2) is 19.2 Å². The van der Waals surface area contributed by atoms with Gasteiger partial charge in [0.25, 0.3) is 0 Å². The highest BCUT2D eigenvalue weighted by Gasteiger charge is 2.12. The fourth-order valence-corrected chi connectivity index (χ4v) is 2.44. The Morgan fingerprint density at radius 3 is 2.91 bits per heavy atom. The molecule has 0 aromatic heterocycles. The maximum atomic E-state index is 11.9. The first kappa shape index (κ1) is 16.4. The number of benzene rings is 1. The lowest BCUT2D eigenvalue weighted by molar-refractivity contribution is -0.116. The van der Waals surface area contributed by atoms with Gasteiger partial charge < -0.3 is 14.8 Å². The van der Waals surface area contributed by atoms with Crippen molar-refractivity contribution >= 4 is 12.0 Å². The lowest BCUT2D eigenvalue weighted by Gasteiger charge is -2.14. The molecule has 2 rings (SSSR count). The molecule has 1 aliphatic rings. The Kier molecular flexibility index (Phi) is 6.31. The number of unbranched alkanes of at least 4 members (excludes halogenated alkanes) is 1. The molecule has 0 spiro atoms. The highest BCUT2D eigenvalue weighted by atomic mass is 16.7. The van der Waals surface area contributed by atoms with Crippen LogP contribution >= 0.6 is 0 Å². The number of fused-ring (bicyclic) bond motifs is 1. The van der Waals surface area contributed by atoms with Crippen molar-refractivity contribution in [2.45, 2.75) is 39.5 Å². The third-order valence-corrected chi connectivity index (χ3v) is 3.93. The zero-order valence-electron chi connectivity index (χ0n) is 13.4. The summed E-state index contributed by atoms with van der Waals surface area (Å²) in [5, 5.41) is 2.98. The summed E-state index contributed by atoms with van der Waals surface area (Å²) in [6.07, 6.45) is 8.08. The molecular formula is C18H25NO3. The number of hydrogen-bond acceptors (Lipinski definition) is 3. The van der Waals surface area contributed by atoms with Crippen LogP contribution in [0.25, 0.3) is 6.08 Å². The minimum Gasteiger partial charge on any atom is -0.454 e. The van der Waals surface area contributed by atoms with Crippen molar-refractivity contribution in [3.63, 3.8) is 0 Å². The second kappa shape index (κ2) is 8.47. The number of nitrogens with one attached hydrogen (secondary N) is 1. The van der Waals surface area contributed by atoms with Gasteiger partial charge in [-0.25, -0.2) is 0 Å². The first-order valence-corrected chi connectivity index (χ1v) is 8.08. The fourth-order valence-electron chi connectivity index (χ4n) is 2.44. The largest absolute Gasteiger partial charge is 0.454 e. The Balaban J connectivity index is 1.81. The van der Waals surface area contributed by atoms with E-state index in [9.17, 15) is 4.79 Å². The first-order chi connectivity index (χ1) is 10.7. The van der Waals surface area contributed by atoms with Crippen molar-refractivity contribution < 1.29 is 14.3 Å². The molecule has 1 aliphatic heterocycles. The minimum absolute atomic E-state index is 0.0485. The van der Waals surface area contributed by atoms with Gasteiger partial charge in [-0.2, -0.15) is 0 Å². The van der Waals surface area contributed by atoms with E-state index in [1.807, 2.05) is 18.2 Å². The van der Waals surface area contributed by atoms with E-state index in [4.69, 9.17) is 9.47 Å². The van der Waals surface area contributed by atoms with Crippen LogP contribution in [0.3, 0.4) is 0 Å². The molecule has 1 aromatic carbocycles. The van der Waals surface area contributed by atoms with E-state index in [0.29, 0.717) is 5.92 Å². The van der Waals surface area contributed by atoms with Gasteiger partial charge in [0.15, 0.2) is 11.5 Å². The van der Waals surface area contributed by atoms with Crippen LogP contribution in [-0.2, 0) is 4.79 Å². The van der Waals surface area contributed by atoms with Gasteiger partial charge in [0.2, 0.25) is 12.7 Å². The van der Waals surface area contributed by atoms with Gasteiger partial charge in [0.05, 0.1) is 0 Å². The average molecular weight is 303 g/mol. The molecule has 0 radical (unpaired) electrons. The van der Waals surface area contributed by atoms with Gasteiger partial charge in [-0.3, -0.25) is 4.79 Å². The molecule has 4 nitrogen and oxygen atoms in total. The van der Waals surface area contributed by atoms with Gasteiger partial charge in [-0.1, -0.05) is 39.2 Å². The molecule has 0 bridgehead atoms.